The van der Waals surface area contributed by atoms with Crippen LogP contribution in [-0.4, -0.2) is 28.7 Å². The van der Waals surface area contributed by atoms with E-state index < -0.39 is 0 Å². The van der Waals surface area contributed by atoms with Gasteiger partial charge in [0.25, 0.3) is 0 Å². The number of hydrogen-bond donors (Lipinski definition) is 1. The Kier molecular flexibility index (Phi) is 3.19. The summed E-state index contributed by atoms with van der Waals surface area (Å²) in [5.41, 5.74) is 3.01. The number of aliphatic imine (C=N–C) groups is 1. The normalized spacial score (nSPS) is 27.1. The minimum absolute atomic E-state index is 0.0649. The van der Waals surface area contributed by atoms with Crippen LogP contribution < -0.4 is 5.32 Å². The van der Waals surface area contributed by atoms with E-state index in [1.807, 2.05) is 24.3 Å². The summed E-state index contributed by atoms with van der Waals surface area (Å²) in [4.78, 5) is 16.7. The van der Waals surface area contributed by atoms with Crippen molar-refractivity contribution in [3.63, 3.8) is 0 Å². The van der Waals surface area contributed by atoms with E-state index in [1.165, 1.54) is 0 Å². The van der Waals surface area contributed by atoms with E-state index in [2.05, 4.69) is 23.3 Å². The molecule has 2 heterocycles. The number of amides is 1. The summed E-state index contributed by atoms with van der Waals surface area (Å²) in [6.45, 7) is 2.79. The Balaban J connectivity index is 1.98. The summed E-state index contributed by atoms with van der Waals surface area (Å²) >= 11 is 1.77. The summed E-state index contributed by atoms with van der Waals surface area (Å²) < 4.78 is -0.234. The molecule has 0 aromatic carbocycles. The highest BCUT2D eigenvalue weighted by molar-refractivity contribution is 8.02. The highest BCUT2D eigenvalue weighted by atomic mass is 32.2. The molecule has 1 unspecified atom stereocenters. The second-order valence-corrected chi connectivity index (χ2v) is 5.94. The predicted octanol–water partition coefficient (Wildman–Crippen LogP) is 2.39. The van der Waals surface area contributed by atoms with Crippen molar-refractivity contribution in [1.82, 2.24) is 5.32 Å². The highest BCUT2D eigenvalue weighted by Crippen LogP contribution is 2.48. The van der Waals surface area contributed by atoms with Crippen molar-refractivity contribution in [3.05, 3.63) is 47.7 Å². The third kappa shape index (κ3) is 1.91. The molecule has 19 heavy (non-hydrogen) atoms. The molecule has 3 aliphatic rings. The van der Waals surface area contributed by atoms with E-state index in [4.69, 9.17) is 0 Å². The van der Waals surface area contributed by atoms with Crippen molar-refractivity contribution in [1.29, 1.82) is 0 Å². The first kappa shape index (κ1) is 12.5. The lowest BCUT2D eigenvalue weighted by atomic mass is 9.85. The Morgan fingerprint density at radius 1 is 1.47 bits per heavy atom. The Morgan fingerprint density at radius 2 is 2.37 bits per heavy atom. The summed E-state index contributed by atoms with van der Waals surface area (Å²) in [5, 5.41) is 2.97. The smallest absolute Gasteiger partial charge is 0.248 e. The van der Waals surface area contributed by atoms with Gasteiger partial charge in [-0.25, -0.2) is 0 Å². The maximum atomic E-state index is 12.2. The lowest BCUT2D eigenvalue weighted by Crippen LogP contribution is -2.35. The molecule has 0 aromatic rings. The molecule has 0 fully saturated rings. The van der Waals surface area contributed by atoms with E-state index in [0.29, 0.717) is 0 Å². The second-order valence-electron chi connectivity index (χ2n) is 4.72. The van der Waals surface area contributed by atoms with Crippen molar-refractivity contribution in [2.75, 3.05) is 12.3 Å². The Hall–Kier alpha value is -1.55. The van der Waals surface area contributed by atoms with Gasteiger partial charge in [0.15, 0.2) is 0 Å². The molecule has 4 heteroatoms. The molecule has 0 saturated carbocycles. The molecule has 0 bridgehead atoms. The van der Waals surface area contributed by atoms with E-state index >= 15 is 0 Å². The molecule has 1 aliphatic carbocycles. The summed E-state index contributed by atoms with van der Waals surface area (Å²) in [6, 6.07) is 0. The molecule has 1 spiro atoms. The average Bonchev–Trinajstić information content (AvgIpc) is 2.82. The van der Waals surface area contributed by atoms with Gasteiger partial charge in [0, 0.05) is 24.1 Å². The van der Waals surface area contributed by atoms with Gasteiger partial charge >= 0.3 is 0 Å². The van der Waals surface area contributed by atoms with Crippen LogP contribution in [0.4, 0.5) is 0 Å². The molecule has 1 amide bonds. The van der Waals surface area contributed by atoms with Gasteiger partial charge in [0.05, 0.1) is 5.71 Å². The van der Waals surface area contributed by atoms with Gasteiger partial charge in [-0.2, -0.15) is 0 Å². The van der Waals surface area contributed by atoms with Crippen LogP contribution in [0.25, 0.3) is 0 Å². The number of thioether (sulfide) groups is 1. The number of nitrogens with one attached hydrogen (secondary N) is 1. The van der Waals surface area contributed by atoms with Crippen LogP contribution >= 0.6 is 11.8 Å². The molecule has 1 N–H and O–H groups in total. The van der Waals surface area contributed by atoms with Gasteiger partial charge in [0.1, 0.15) is 4.75 Å². The van der Waals surface area contributed by atoms with Gasteiger partial charge in [-0.05, 0) is 24.1 Å². The maximum Gasteiger partial charge on any atom is 0.248 e. The van der Waals surface area contributed by atoms with Crippen molar-refractivity contribution >= 4 is 23.4 Å². The predicted molar refractivity (Wildman–Crippen MR) is 80.4 cm³/mol. The van der Waals surface area contributed by atoms with Gasteiger partial charge < -0.3 is 5.32 Å². The van der Waals surface area contributed by atoms with Crippen LogP contribution in [0, 0.1) is 0 Å². The molecule has 3 rings (SSSR count). The Labute approximate surface area is 117 Å². The first-order valence-corrected chi connectivity index (χ1v) is 7.53. The van der Waals surface area contributed by atoms with Crippen molar-refractivity contribution < 1.29 is 4.79 Å². The Bertz CT molecular complexity index is 569. The summed E-state index contributed by atoms with van der Waals surface area (Å²) in [5.74, 6) is 0.807. The van der Waals surface area contributed by atoms with Gasteiger partial charge in [0.2, 0.25) is 5.91 Å². The number of rotatable bonds is 3. The first-order valence-electron chi connectivity index (χ1n) is 6.54. The first-order chi connectivity index (χ1) is 9.28. The number of hydrogen-bond acceptors (Lipinski definition) is 3. The van der Waals surface area contributed by atoms with E-state index in [0.717, 1.165) is 35.6 Å². The third-order valence-corrected chi connectivity index (χ3v) is 4.96. The number of nitrogens with zero attached hydrogens (tertiary/aromatic N) is 1. The van der Waals surface area contributed by atoms with Crippen LogP contribution in [0.5, 0.6) is 0 Å². The van der Waals surface area contributed by atoms with Gasteiger partial charge in [-0.15, -0.1) is 11.8 Å². The topological polar surface area (TPSA) is 41.5 Å². The van der Waals surface area contributed by atoms with E-state index in [-0.39, 0.29) is 10.7 Å². The fourth-order valence-corrected chi connectivity index (χ4v) is 4.00. The van der Waals surface area contributed by atoms with Crippen molar-refractivity contribution in [3.8, 4) is 0 Å². The van der Waals surface area contributed by atoms with Crippen molar-refractivity contribution in [2.24, 2.45) is 4.99 Å². The SMILES string of the molecule is CCCNC(=O)C1=C2C=CN=C3C=CC=CC32SC1. The van der Waals surface area contributed by atoms with Crippen LogP contribution in [0.1, 0.15) is 13.3 Å². The molecule has 0 radical (unpaired) electrons. The molecule has 0 saturated heterocycles. The molecule has 3 nitrogen and oxygen atoms in total. The van der Waals surface area contributed by atoms with Crippen LogP contribution in [0.3, 0.4) is 0 Å². The van der Waals surface area contributed by atoms with E-state index in [1.54, 1.807) is 18.0 Å². The molecule has 98 valence electrons. The lowest BCUT2D eigenvalue weighted by Gasteiger charge is -2.31. The van der Waals surface area contributed by atoms with Crippen LogP contribution in [0.15, 0.2) is 52.7 Å². The molecule has 1 atom stereocenters. The Morgan fingerprint density at radius 3 is 3.21 bits per heavy atom. The lowest BCUT2D eigenvalue weighted by molar-refractivity contribution is -0.117. The molecule has 2 aliphatic heterocycles. The van der Waals surface area contributed by atoms with Crippen molar-refractivity contribution in [2.45, 2.75) is 18.1 Å². The quantitative estimate of drug-likeness (QED) is 0.857. The van der Waals surface area contributed by atoms with Crippen LogP contribution in [-0.2, 0) is 4.79 Å². The number of carbonyl (C=O) groups is 1. The average molecular weight is 272 g/mol. The fourth-order valence-electron chi connectivity index (χ4n) is 2.55. The molecular weight excluding hydrogens is 256 g/mol. The second kappa shape index (κ2) is 4.85. The number of allylic oxidation sites excluding steroid dienone is 4. The van der Waals surface area contributed by atoms with Gasteiger partial charge in [-0.3, -0.25) is 9.79 Å². The highest BCUT2D eigenvalue weighted by Gasteiger charge is 2.45. The zero-order valence-corrected chi connectivity index (χ0v) is 11.7. The zero-order chi connectivity index (χ0) is 13.3. The maximum absolute atomic E-state index is 12.2. The largest absolute Gasteiger partial charge is 0.352 e. The van der Waals surface area contributed by atoms with Gasteiger partial charge in [-0.1, -0.05) is 25.2 Å². The molecular formula is C15H16N2OS. The summed E-state index contributed by atoms with van der Waals surface area (Å²) in [6.07, 6.45) is 12.9. The fraction of sp³-hybridized carbons (Fsp3) is 0.333. The minimum atomic E-state index is -0.234. The third-order valence-electron chi connectivity index (χ3n) is 3.51. The zero-order valence-electron chi connectivity index (χ0n) is 10.8. The minimum Gasteiger partial charge on any atom is -0.352 e. The standard InChI is InChI=1S/C15H16N2OS/c1-2-8-17-14(18)11-10-19-15-7-4-3-5-13(15)16-9-6-12(11)15/h3-7,9H,2,8,10H2,1H3,(H,17,18). The summed E-state index contributed by atoms with van der Waals surface area (Å²) in [7, 11) is 0. The number of carbonyl (C=O) groups excluding carboxylic acids is 1. The molecule has 0 aromatic heterocycles. The van der Waals surface area contributed by atoms with Crippen LogP contribution in [0.2, 0.25) is 0 Å². The monoisotopic (exact) mass is 272 g/mol. The van der Waals surface area contributed by atoms with E-state index in [9.17, 15) is 4.79 Å².